The Balaban J connectivity index is 1.88. The van der Waals surface area contributed by atoms with Crippen molar-refractivity contribution in [3.05, 3.63) is 35.9 Å². The molecule has 4 atom stereocenters. The van der Waals surface area contributed by atoms with E-state index >= 15 is 0 Å². The number of hydrogen-bond donors (Lipinski definition) is 1. The number of benzene rings is 1. The van der Waals surface area contributed by atoms with Gasteiger partial charge in [-0.1, -0.05) is 30.3 Å². The van der Waals surface area contributed by atoms with Gasteiger partial charge >= 0.3 is 0 Å². The lowest BCUT2D eigenvalue weighted by Crippen LogP contribution is -2.57. The quantitative estimate of drug-likeness (QED) is 0.746. The minimum atomic E-state index is 0.387. The van der Waals surface area contributed by atoms with E-state index in [1.54, 1.807) is 0 Å². The first-order valence-corrected chi connectivity index (χ1v) is 5.87. The smallest absolute Gasteiger partial charge is 0.0203 e. The average molecular weight is 202 g/mol. The third-order valence-electron chi connectivity index (χ3n) is 4.00. The van der Waals surface area contributed by atoms with Crippen molar-refractivity contribution in [1.29, 1.82) is 0 Å². The Morgan fingerprint density at radius 2 is 1.93 bits per heavy atom. The molecule has 1 aromatic carbocycles. The molecule has 4 rings (SSSR count). The molecule has 0 radical (unpaired) electrons. The zero-order valence-electron chi connectivity index (χ0n) is 8.97. The maximum absolute atomic E-state index is 6.21. The molecule has 4 unspecified atom stereocenters. The van der Waals surface area contributed by atoms with Crippen LogP contribution in [-0.2, 0) is 0 Å². The monoisotopic (exact) mass is 202 g/mol. The first kappa shape index (κ1) is 9.37. The van der Waals surface area contributed by atoms with Crippen LogP contribution in [-0.4, -0.2) is 30.6 Å². The summed E-state index contributed by atoms with van der Waals surface area (Å²) in [4.78, 5) is 2.52. The van der Waals surface area contributed by atoms with Gasteiger partial charge in [0.25, 0.3) is 0 Å². The van der Waals surface area contributed by atoms with Crippen molar-refractivity contribution in [2.75, 3.05) is 19.6 Å². The number of nitrogens with two attached hydrogens (primary N) is 1. The summed E-state index contributed by atoms with van der Waals surface area (Å²) in [6, 6.07) is 11.2. The molecular formula is C13H18N2. The summed E-state index contributed by atoms with van der Waals surface area (Å²) in [5.74, 6) is 1.38. The Bertz CT molecular complexity index is 336. The van der Waals surface area contributed by atoms with Gasteiger partial charge in [0.2, 0.25) is 0 Å². The Kier molecular flexibility index (Phi) is 2.26. The molecule has 2 bridgehead atoms. The van der Waals surface area contributed by atoms with Crippen molar-refractivity contribution >= 4 is 0 Å². The lowest BCUT2D eigenvalue weighted by molar-refractivity contribution is 0.0667. The highest BCUT2D eigenvalue weighted by Crippen LogP contribution is 2.38. The number of nitrogens with zero attached hydrogens (tertiary/aromatic N) is 1. The lowest BCUT2D eigenvalue weighted by Gasteiger charge is -2.48. The maximum atomic E-state index is 6.21. The van der Waals surface area contributed by atoms with E-state index in [1.165, 1.54) is 25.1 Å². The summed E-state index contributed by atoms with van der Waals surface area (Å²) in [6.07, 6.45) is 1.28. The van der Waals surface area contributed by atoms with Crippen LogP contribution in [0.25, 0.3) is 0 Å². The molecule has 1 aromatic rings. The van der Waals surface area contributed by atoms with Crippen LogP contribution >= 0.6 is 0 Å². The van der Waals surface area contributed by atoms with E-state index < -0.39 is 0 Å². The van der Waals surface area contributed by atoms with E-state index in [2.05, 4.69) is 35.2 Å². The molecule has 80 valence electrons. The fourth-order valence-electron chi connectivity index (χ4n) is 3.20. The van der Waals surface area contributed by atoms with Gasteiger partial charge in [-0.05, 0) is 24.4 Å². The van der Waals surface area contributed by atoms with Gasteiger partial charge in [0.15, 0.2) is 0 Å². The van der Waals surface area contributed by atoms with E-state index in [-0.39, 0.29) is 0 Å². The molecule has 2 nitrogen and oxygen atoms in total. The fourth-order valence-corrected chi connectivity index (χ4v) is 3.20. The summed E-state index contributed by atoms with van der Waals surface area (Å²) < 4.78 is 0. The summed E-state index contributed by atoms with van der Waals surface area (Å²) in [7, 11) is 0. The molecule has 15 heavy (non-hydrogen) atoms. The first-order chi connectivity index (χ1) is 7.34. The van der Waals surface area contributed by atoms with Crippen LogP contribution in [0.4, 0.5) is 0 Å². The molecule has 3 saturated heterocycles. The Hall–Kier alpha value is -0.860. The molecule has 3 aliphatic heterocycles. The molecule has 0 aromatic heterocycles. The van der Waals surface area contributed by atoms with Crippen LogP contribution in [0, 0.1) is 5.92 Å². The largest absolute Gasteiger partial charge is 0.326 e. The highest BCUT2D eigenvalue weighted by Gasteiger charge is 2.39. The SMILES string of the molecule is NC1CN2CCC1C(c1ccccc1)C2. The van der Waals surface area contributed by atoms with Crippen molar-refractivity contribution < 1.29 is 0 Å². The van der Waals surface area contributed by atoms with Gasteiger partial charge in [-0.15, -0.1) is 0 Å². The van der Waals surface area contributed by atoms with Gasteiger partial charge in [0.1, 0.15) is 0 Å². The number of piperidine rings is 3. The van der Waals surface area contributed by atoms with Crippen LogP contribution in [0.1, 0.15) is 17.9 Å². The Labute approximate surface area is 91.1 Å². The standard InChI is InChI=1S/C13H18N2/c14-13-9-15-7-6-11(13)12(8-15)10-4-2-1-3-5-10/h1-5,11-13H,6-9,14H2. The zero-order valence-corrected chi connectivity index (χ0v) is 8.97. The van der Waals surface area contributed by atoms with Crippen molar-refractivity contribution in [3.63, 3.8) is 0 Å². The first-order valence-electron chi connectivity index (χ1n) is 5.87. The second-order valence-electron chi connectivity index (χ2n) is 4.89. The van der Waals surface area contributed by atoms with Crippen LogP contribution < -0.4 is 5.73 Å². The normalized spacial score (nSPS) is 39.3. The fraction of sp³-hybridized carbons (Fsp3) is 0.538. The zero-order chi connectivity index (χ0) is 10.3. The minimum Gasteiger partial charge on any atom is -0.326 e. The van der Waals surface area contributed by atoms with E-state index in [1.807, 2.05) is 0 Å². The molecule has 3 fully saturated rings. The topological polar surface area (TPSA) is 29.3 Å². The molecule has 0 saturated carbocycles. The summed E-state index contributed by atoms with van der Waals surface area (Å²) in [5.41, 5.74) is 7.68. The third-order valence-corrected chi connectivity index (χ3v) is 4.00. The number of rotatable bonds is 1. The summed E-state index contributed by atoms with van der Waals surface area (Å²) in [5, 5.41) is 0. The molecular weight excluding hydrogens is 184 g/mol. The summed E-state index contributed by atoms with van der Waals surface area (Å²) in [6.45, 7) is 3.57. The van der Waals surface area contributed by atoms with Gasteiger partial charge in [-0.25, -0.2) is 0 Å². The average Bonchev–Trinajstić information content (AvgIpc) is 2.30. The van der Waals surface area contributed by atoms with Crippen molar-refractivity contribution in [2.45, 2.75) is 18.4 Å². The van der Waals surface area contributed by atoms with Crippen LogP contribution in [0.15, 0.2) is 30.3 Å². The maximum Gasteiger partial charge on any atom is 0.0203 e. The molecule has 3 heterocycles. The number of fused-ring (bicyclic) bond motifs is 3. The second kappa shape index (κ2) is 3.62. The third kappa shape index (κ3) is 1.58. The van der Waals surface area contributed by atoms with Gasteiger partial charge in [-0.2, -0.15) is 0 Å². The van der Waals surface area contributed by atoms with E-state index in [0.29, 0.717) is 17.9 Å². The van der Waals surface area contributed by atoms with Crippen molar-refractivity contribution in [3.8, 4) is 0 Å². The second-order valence-corrected chi connectivity index (χ2v) is 4.89. The minimum absolute atomic E-state index is 0.387. The molecule has 3 aliphatic rings. The molecule has 2 N–H and O–H groups in total. The van der Waals surface area contributed by atoms with Crippen LogP contribution in [0.5, 0.6) is 0 Å². The van der Waals surface area contributed by atoms with E-state index in [0.717, 1.165) is 6.54 Å². The van der Waals surface area contributed by atoms with E-state index in [9.17, 15) is 0 Å². The van der Waals surface area contributed by atoms with Gasteiger partial charge in [0.05, 0.1) is 0 Å². The Morgan fingerprint density at radius 1 is 1.13 bits per heavy atom. The highest BCUT2D eigenvalue weighted by molar-refractivity contribution is 5.23. The molecule has 0 spiro atoms. The van der Waals surface area contributed by atoms with Crippen LogP contribution in [0.2, 0.25) is 0 Å². The van der Waals surface area contributed by atoms with Crippen molar-refractivity contribution in [1.82, 2.24) is 4.90 Å². The predicted octanol–water partition coefficient (Wildman–Crippen LogP) is 1.43. The number of hydrogen-bond acceptors (Lipinski definition) is 2. The highest BCUT2D eigenvalue weighted by atomic mass is 15.2. The summed E-state index contributed by atoms with van der Waals surface area (Å²) >= 11 is 0. The molecule has 2 heteroatoms. The molecule has 0 aliphatic carbocycles. The van der Waals surface area contributed by atoms with Crippen LogP contribution in [0.3, 0.4) is 0 Å². The molecule has 0 amide bonds. The van der Waals surface area contributed by atoms with E-state index in [4.69, 9.17) is 5.73 Å². The lowest BCUT2D eigenvalue weighted by atomic mass is 9.73. The van der Waals surface area contributed by atoms with Crippen molar-refractivity contribution in [2.24, 2.45) is 11.7 Å². The van der Waals surface area contributed by atoms with Gasteiger partial charge in [-0.3, -0.25) is 0 Å². The van der Waals surface area contributed by atoms with Gasteiger partial charge in [0, 0.05) is 25.0 Å². The Morgan fingerprint density at radius 3 is 2.60 bits per heavy atom. The van der Waals surface area contributed by atoms with Gasteiger partial charge < -0.3 is 10.6 Å². The predicted molar refractivity (Wildman–Crippen MR) is 61.7 cm³/mol.